The first-order chi connectivity index (χ1) is 15.3. The molecule has 32 heavy (non-hydrogen) atoms. The molecular formula is C24H27NO6S. The zero-order valence-electron chi connectivity index (χ0n) is 18.4. The molecule has 0 unspecified atom stereocenters. The van der Waals surface area contributed by atoms with Crippen LogP contribution in [0, 0.1) is 6.92 Å². The van der Waals surface area contributed by atoms with E-state index < -0.39 is 6.16 Å². The molecule has 0 fully saturated rings. The van der Waals surface area contributed by atoms with Gasteiger partial charge in [0.1, 0.15) is 11.3 Å². The van der Waals surface area contributed by atoms with Gasteiger partial charge in [0.15, 0.2) is 5.78 Å². The number of fused-ring (bicyclic) bond motifs is 1. The van der Waals surface area contributed by atoms with Crippen LogP contribution in [0.25, 0.3) is 11.0 Å². The average molecular weight is 458 g/mol. The fourth-order valence-electron chi connectivity index (χ4n) is 3.51. The molecule has 3 N–H and O–H groups in total. The van der Waals surface area contributed by atoms with Gasteiger partial charge in [-0.3, -0.25) is 4.79 Å². The number of benzene rings is 2. The Morgan fingerprint density at radius 2 is 2.00 bits per heavy atom. The molecule has 0 saturated heterocycles. The fourth-order valence-corrected chi connectivity index (χ4v) is 4.54. The third kappa shape index (κ3) is 5.37. The van der Waals surface area contributed by atoms with Crippen molar-refractivity contribution in [2.24, 2.45) is 0 Å². The third-order valence-corrected chi connectivity index (χ3v) is 6.23. The van der Waals surface area contributed by atoms with Crippen molar-refractivity contribution in [3.05, 3.63) is 47.0 Å². The molecule has 8 heteroatoms. The smallest absolute Gasteiger partial charge is 0.493 e. The van der Waals surface area contributed by atoms with Crippen LogP contribution < -0.4 is 15.2 Å². The van der Waals surface area contributed by atoms with Gasteiger partial charge < -0.3 is 24.7 Å². The van der Waals surface area contributed by atoms with Gasteiger partial charge in [-0.15, -0.1) is 11.8 Å². The van der Waals surface area contributed by atoms with Crippen LogP contribution in [-0.2, 0) is 6.42 Å². The molecule has 0 saturated carbocycles. The van der Waals surface area contributed by atoms with E-state index >= 15 is 0 Å². The molecule has 2 aromatic carbocycles. The first-order valence-corrected chi connectivity index (χ1v) is 11.4. The number of carbonyl (C=O) groups excluding carboxylic acids is 1. The van der Waals surface area contributed by atoms with Gasteiger partial charge in [-0.25, -0.2) is 4.79 Å². The standard InChI is InChI=1S/C24H27NO6S/c1-4-6-18-20(10-8-17(15(3)26)22(18)25)32-12-5-11-29-19-9-7-16-13-21(31-24(27)28)30-23(16)14(19)2/h7-10,13H,4-6,11-12,25H2,1-3H3,(H,27,28). The van der Waals surface area contributed by atoms with E-state index in [0.29, 0.717) is 29.2 Å². The summed E-state index contributed by atoms with van der Waals surface area (Å²) in [5.74, 6) is 1.44. The lowest BCUT2D eigenvalue weighted by atomic mass is 10.0. The summed E-state index contributed by atoms with van der Waals surface area (Å²) in [7, 11) is 0. The molecule has 170 valence electrons. The molecule has 0 bridgehead atoms. The Labute approximate surface area is 190 Å². The first kappa shape index (κ1) is 23.5. The van der Waals surface area contributed by atoms with Crippen LogP contribution in [-0.4, -0.2) is 29.4 Å². The van der Waals surface area contributed by atoms with Gasteiger partial charge in [0.2, 0.25) is 0 Å². The zero-order valence-corrected chi connectivity index (χ0v) is 19.2. The Balaban J connectivity index is 1.59. The minimum atomic E-state index is -1.42. The van der Waals surface area contributed by atoms with E-state index in [1.165, 1.54) is 13.0 Å². The Morgan fingerprint density at radius 3 is 2.69 bits per heavy atom. The highest BCUT2D eigenvalue weighted by Gasteiger charge is 2.15. The summed E-state index contributed by atoms with van der Waals surface area (Å²) in [6.45, 7) is 6.00. The van der Waals surface area contributed by atoms with Gasteiger partial charge in [0.05, 0.1) is 6.61 Å². The lowest BCUT2D eigenvalue weighted by Crippen LogP contribution is -2.05. The predicted octanol–water partition coefficient (Wildman–Crippen LogP) is 6.10. The first-order valence-electron chi connectivity index (χ1n) is 10.4. The van der Waals surface area contributed by atoms with E-state index in [1.54, 1.807) is 23.9 Å². The summed E-state index contributed by atoms with van der Waals surface area (Å²) in [4.78, 5) is 23.6. The normalized spacial score (nSPS) is 11.0. The number of hydrogen-bond acceptors (Lipinski definition) is 7. The van der Waals surface area contributed by atoms with Gasteiger partial charge in [0, 0.05) is 38.9 Å². The molecule has 0 radical (unpaired) electrons. The van der Waals surface area contributed by atoms with Crippen molar-refractivity contribution in [1.29, 1.82) is 0 Å². The van der Waals surface area contributed by atoms with Crippen molar-refractivity contribution in [3.8, 4) is 11.7 Å². The van der Waals surface area contributed by atoms with E-state index in [9.17, 15) is 9.59 Å². The predicted molar refractivity (Wildman–Crippen MR) is 125 cm³/mol. The minimum absolute atomic E-state index is 0.0182. The second-order valence-corrected chi connectivity index (χ2v) is 8.54. The number of rotatable bonds is 10. The van der Waals surface area contributed by atoms with Crippen LogP contribution in [0.4, 0.5) is 10.5 Å². The summed E-state index contributed by atoms with van der Waals surface area (Å²) in [6, 6.07) is 8.97. The number of anilines is 1. The molecule has 1 heterocycles. The number of carboxylic acid groups (broad SMARTS) is 1. The minimum Gasteiger partial charge on any atom is -0.493 e. The van der Waals surface area contributed by atoms with Crippen molar-refractivity contribution < 1.29 is 28.6 Å². The van der Waals surface area contributed by atoms with Gasteiger partial charge in [-0.1, -0.05) is 13.3 Å². The maximum absolute atomic E-state index is 11.8. The molecule has 3 aromatic rings. The fraction of sp³-hybridized carbons (Fsp3) is 0.333. The van der Waals surface area contributed by atoms with Crippen LogP contribution in [0.2, 0.25) is 0 Å². The number of thioether (sulfide) groups is 1. The number of hydrogen-bond donors (Lipinski definition) is 2. The summed E-state index contributed by atoms with van der Waals surface area (Å²) in [5, 5.41) is 9.48. The number of aryl methyl sites for hydroxylation is 1. The van der Waals surface area contributed by atoms with E-state index in [0.717, 1.165) is 46.4 Å². The summed E-state index contributed by atoms with van der Waals surface area (Å²) >= 11 is 1.71. The lowest BCUT2D eigenvalue weighted by Gasteiger charge is -2.14. The molecular weight excluding hydrogens is 430 g/mol. The Kier molecular flexibility index (Phi) is 7.69. The van der Waals surface area contributed by atoms with Crippen molar-refractivity contribution in [2.75, 3.05) is 18.1 Å². The number of Topliss-reactive ketones (excluding diaryl/α,β-unsaturated/α-hetero) is 1. The number of nitrogen functional groups attached to an aromatic ring is 1. The van der Waals surface area contributed by atoms with Crippen LogP contribution in [0.15, 0.2) is 39.6 Å². The molecule has 3 rings (SSSR count). The van der Waals surface area contributed by atoms with Crippen LogP contribution in [0.3, 0.4) is 0 Å². The van der Waals surface area contributed by atoms with Crippen molar-refractivity contribution in [1.82, 2.24) is 0 Å². The highest BCUT2D eigenvalue weighted by atomic mass is 32.2. The number of ketones is 1. The van der Waals surface area contributed by atoms with E-state index in [4.69, 9.17) is 20.0 Å². The van der Waals surface area contributed by atoms with E-state index in [1.807, 2.05) is 19.1 Å². The Morgan fingerprint density at radius 1 is 1.22 bits per heavy atom. The maximum Gasteiger partial charge on any atom is 0.513 e. The van der Waals surface area contributed by atoms with E-state index in [-0.39, 0.29) is 11.7 Å². The summed E-state index contributed by atoms with van der Waals surface area (Å²) < 4.78 is 16.0. The second kappa shape index (κ2) is 10.5. The van der Waals surface area contributed by atoms with Crippen LogP contribution in [0.5, 0.6) is 11.7 Å². The zero-order chi connectivity index (χ0) is 23.3. The molecule has 0 aliphatic rings. The highest BCUT2D eigenvalue weighted by molar-refractivity contribution is 7.99. The van der Waals surface area contributed by atoms with Crippen LogP contribution >= 0.6 is 11.8 Å². The number of furan rings is 1. The highest BCUT2D eigenvalue weighted by Crippen LogP contribution is 2.34. The Bertz CT molecular complexity index is 1140. The molecule has 0 spiro atoms. The van der Waals surface area contributed by atoms with Gasteiger partial charge in [-0.2, -0.15) is 0 Å². The Hall–Kier alpha value is -3.13. The van der Waals surface area contributed by atoms with E-state index in [2.05, 4.69) is 11.7 Å². The van der Waals surface area contributed by atoms with Crippen molar-refractivity contribution in [2.45, 2.75) is 44.9 Å². The SMILES string of the molecule is CCCc1c(SCCCOc2ccc3cc(OC(=O)O)oc3c2C)ccc(C(C)=O)c1N. The average Bonchev–Trinajstić information content (AvgIpc) is 3.14. The summed E-state index contributed by atoms with van der Waals surface area (Å²) in [6.07, 6.45) is 1.18. The monoisotopic (exact) mass is 457 g/mol. The van der Waals surface area contributed by atoms with Crippen molar-refractivity contribution in [3.63, 3.8) is 0 Å². The molecule has 1 aromatic heterocycles. The maximum atomic E-state index is 11.8. The number of carbonyl (C=O) groups is 2. The number of ether oxygens (including phenoxy) is 2. The third-order valence-electron chi connectivity index (χ3n) is 5.05. The topological polar surface area (TPSA) is 112 Å². The second-order valence-electron chi connectivity index (χ2n) is 7.40. The molecule has 0 atom stereocenters. The van der Waals surface area contributed by atoms with Crippen molar-refractivity contribution >= 4 is 40.4 Å². The molecule has 0 amide bonds. The quantitative estimate of drug-likeness (QED) is 0.124. The van der Waals surface area contributed by atoms with Crippen LogP contribution in [0.1, 0.15) is 48.2 Å². The number of nitrogens with two attached hydrogens (primary N) is 1. The lowest BCUT2D eigenvalue weighted by molar-refractivity contribution is 0.101. The summed E-state index contributed by atoms with van der Waals surface area (Å²) in [5.41, 5.74) is 9.81. The van der Waals surface area contributed by atoms with Gasteiger partial charge >= 0.3 is 6.16 Å². The van der Waals surface area contributed by atoms with Gasteiger partial charge in [-0.05, 0) is 56.5 Å². The molecule has 0 aliphatic heterocycles. The van der Waals surface area contributed by atoms with Gasteiger partial charge in [0.25, 0.3) is 5.95 Å². The molecule has 7 nitrogen and oxygen atoms in total. The molecule has 0 aliphatic carbocycles. The largest absolute Gasteiger partial charge is 0.513 e.